The number of carbonyl (C=O) groups is 1. The summed E-state index contributed by atoms with van der Waals surface area (Å²) in [6.45, 7) is 8.34. The lowest BCUT2D eigenvalue weighted by Crippen LogP contribution is -2.18. The van der Waals surface area contributed by atoms with E-state index in [-0.39, 0.29) is 5.91 Å². The molecule has 5 heteroatoms. The van der Waals surface area contributed by atoms with Gasteiger partial charge in [0.05, 0.1) is 5.69 Å². The number of hydrogen-bond donors (Lipinski definition) is 2. The smallest absolute Gasteiger partial charge is 0.273 e. The van der Waals surface area contributed by atoms with E-state index in [1.807, 2.05) is 39.8 Å². The Morgan fingerprint density at radius 3 is 2.70 bits per heavy atom. The fourth-order valence-corrected chi connectivity index (χ4v) is 2.20. The van der Waals surface area contributed by atoms with Crippen molar-refractivity contribution < 1.29 is 4.79 Å². The SMILES string of the molecule is CCn1nc(C)cc1C(=O)Nc1c(C)ccc(N)c1C. The topological polar surface area (TPSA) is 72.9 Å². The number of hydrogen-bond acceptors (Lipinski definition) is 3. The molecule has 0 spiro atoms. The fraction of sp³-hybridized carbons (Fsp3) is 0.333. The molecule has 0 saturated heterocycles. The van der Waals surface area contributed by atoms with Crippen LogP contribution in [0.4, 0.5) is 11.4 Å². The van der Waals surface area contributed by atoms with E-state index >= 15 is 0 Å². The van der Waals surface area contributed by atoms with Crippen LogP contribution in [0.1, 0.15) is 34.2 Å². The molecule has 5 nitrogen and oxygen atoms in total. The first-order chi connectivity index (χ1) is 9.43. The molecule has 0 aliphatic carbocycles. The quantitative estimate of drug-likeness (QED) is 0.844. The molecule has 1 heterocycles. The third-order valence-electron chi connectivity index (χ3n) is 3.39. The van der Waals surface area contributed by atoms with Crippen molar-refractivity contribution in [1.82, 2.24) is 9.78 Å². The Bertz CT molecular complexity index is 658. The van der Waals surface area contributed by atoms with Gasteiger partial charge in [-0.25, -0.2) is 0 Å². The van der Waals surface area contributed by atoms with Gasteiger partial charge >= 0.3 is 0 Å². The van der Waals surface area contributed by atoms with Gasteiger partial charge in [-0.3, -0.25) is 9.48 Å². The van der Waals surface area contributed by atoms with E-state index in [0.717, 1.165) is 22.5 Å². The molecule has 0 radical (unpaired) electrons. The fourth-order valence-electron chi connectivity index (χ4n) is 2.20. The van der Waals surface area contributed by atoms with Crippen LogP contribution in [0.5, 0.6) is 0 Å². The molecule has 2 aromatic rings. The van der Waals surface area contributed by atoms with Crippen LogP contribution in [-0.2, 0) is 6.54 Å². The maximum Gasteiger partial charge on any atom is 0.273 e. The third-order valence-corrected chi connectivity index (χ3v) is 3.39. The summed E-state index contributed by atoms with van der Waals surface area (Å²) in [4.78, 5) is 12.4. The number of nitrogens with two attached hydrogens (primary N) is 1. The van der Waals surface area contributed by atoms with Crippen LogP contribution in [0.25, 0.3) is 0 Å². The number of nitrogens with one attached hydrogen (secondary N) is 1. The van der Waals surface area contributed by atoms with Gasteiger partial charge < -0.3 is 11.1 Å². The van der Waals surface area contributed by atoms with Gasteiger partial charge in [-0.05, 0) is 51.0 Å². The Balaban J connectivity index is 2.35. The monoisotopic (exact) mass is 272 g/mol. The molecule has 20 heavy (non-hydrogen) atoms. The molecule has 1 aromatic carbocycles. The maximum atomic E-state index is 12.4. The minimum atomic E-state index is -0.163. The summed E-state index contributed by atoms with van der Waals surface area (Å²) in [5, 5.41) is 7.23. The second-order valence-corrected chi connectivity index (χ2v) is 4.91. The number of carbonyl (C=O) groups excluding carboxylic acids is 1. The van der Waals surface area contributed by atoms with Crippen LogP contribution in [0.15, 0.2) is 18.2 Å². The highest BCUT2D eigenvalue weighted by Crippen LogP contribution is 2.25. The third kappa shape index (κ3) is 2.52. The van der Waals surface area contributed by atoms with Gasteiger partial charge in [-0.1, -0.05) is 6.07 Å². The number of aromatic nitrogens is 2. The van der Waals surface area contributed by atoms with Crippen LogP contribution in [0.2, 0.25) is 0 Å². The first kappa shape index (κ1) is 14.1. The highest BCUT2D eigenvalue weighted by Gasteiger charge is 2.15. The molecule has 0 atom stereocenters. The molecule has 106 valence electrons. The Hall–Kier alpha value is -2.30. The first-order valence-corrected chi connectivity index (χ1v) is 6.65. The predicted octanol–water partition coefficient (Wildman–Crippen LogP) is 2.66. The zero-order chi connectivity index (χ0) is 14.9. The highest BCUT2D eigenvalue weighted by molar-refractivity contribution is 6.04. The Morgan fingerprint density at radius 2 is 2.05 bits per heavy atom. The number of amides is 1. The second-order valence-electron chi connectivity index (χ2n) is 4.91. The molecule has 0 saturated carbocycles. The number of nitrogens with zero attached hydrogens (tertiary/aromatic N) is 2. The van der Waals surface area contributed by atoms with E-state index in [4.69, 9.17) is 5.73 Å². The van der Waals surface area contributed by atoms with E-state index in [0.29, 0.717) is 17.9 Å². The van der Waals surface area contributed by atoms with Crippen molar-refractivity contribution >= 4 is 17.3 Å². The van der Waals surface area contributed by atoms with Gasteiger partial charge in [-0.15, -0.1) is 0 Å². The Morgan fingerprint density at radius 1 is 1.35 bits per heavy atom. The molecule has 0 fully saturated rings. The average Bonchev–Trinajstić information content (AvgIpc) is 2.80. The summed E-state index contributed by atoms with van der Waals surface area (Å²) in [6.07, 6.45) is 0. The van der Waals surface area contributed by atoms with Crippen LogP contribution in [0.3, 0.4) is 0 Å². The Labute approximate surface area is 118 Å². The summed E-state index contributed by atoms with van der Waals surface area (Å²) in [7, 11) is 0. The zero-order valence-electron chi connectivity index (χ0n) is 12.3. The second kappa shape index (κ2) is 5.36. The van der Waals surface area contributed by atoms with Crippen molar-refractivity contribution in [2.75, 3.05) is 11.1 Å². The van der Waals surface area contributed by atoms with Gasteiger partial charge in [0, 0.05) is 17.9 Å². The minimum Gasteiger partial charge on any atom is -0.398 e. The average molecular weight is 272 g/mol. The van der Waals surface area contributed by atoms with Gasteiger partial charge in [0.15, 0.2) is 0 Å². The number of aryl methyl sites for hydroxylation is 3. The molecule has 1 amide bonds. The zero-order valence-corrected chi connectivity index (χ0v) is 12.3. The molecule has 1 aromatic heterocycles. The molecular weight excluding hydrogens is 252 g/mol. The Kier molecular flexibility index (Phi) is 3.79. The maximum absolute atomic E-state index is 12.4. The number of nitrogen functional groups attached to an aromatic ring is 1. The van der Waals surface area contributed by atoms with Gasteiger partial charge in [0.1, 0.15) is 5.69 Å². The van der Waals surface area contributed by atoms with Crippen molar-refractivity contribution in [3.05, 3.63) is 40.7 Å². The van der Waals surface area contributed by atoms with Crippen LogP contribution in [0, 0.1) is 20.8 Å². The summed E-state index contributed by atoms with van der Waals surface area (Å²) >= 11 is 0. The molecule has 3 N–H and O–H groups in total. The number of benzene rings is 1. The van der Waals surface area contributed by atoms with Gasteiger partial charge in [0.25, 0.3) is 5.91 Å². The van der Waals surface area contributed by atoms with Gasteiger partial charge in [-0.2, -0.15) is 5.10 Å². The number of anilines is 2. The van der Waals surface area contributed by atoms with E-state index in [1.165, 1.54) is 0 Å². The lowest BCUT2D eigenvalue weighted by molar-refractivity contribution is 0.101. The van der Waals surface area contributed by atoms with Crippen molar-refractivity contribution in [3.63, 3.8) is 0 Å². The molecule has 2 rings (SSSR count). The highest BCUT2D eigenvalue weighted by atomic mass is 16.2. The molecule has 0 aliphatic heterocycles. The largest absolute Gasteiger partial charge is 0.398 e. The summed E-state index contributed by atoms with van der Waals surface area (Å²) in [5.41, 5.74) is 10.6. The lowest BCUT2D eigenvalue weighted by Gasteiger charge is -2.13. The van der Waals surface area contributed by atoms with E-state index in [1.54, 1.807) is 10.7 Å². The van der Waals surface area contributed by atoms with E-state index < -0.39 is 0 Å². The predicted molar refractivity (Wildman–Crippen MR) is 80.9 cm³/mol. The van der Waals surface area contributed by atoms with Crippen LogP contribution >= 0.6 is 0 Å². The number of rotatable bonds is 3. The first-order valence-electron chi connectivity index (χ1n) is 6.65. The van der Waals surface area contributed by atoms with Crippen LogP contribution in [-0.4, -0.2) is 15.7 Å². The minimum absolute atomic E-state index is 0.163. The van der Waals surface area contributed by atoms with E-state index in [2.05, 4.69) is 10.4 Å². The molecule has 0 aliphatic rings. The van der Waals surface area contributed by atoms with Gasteiger partial charge in [0.2, 0.25) is 0 Å². The standard InChI is InChI=1S/C15H20N4O/c1-5-19-13(8-10(3)18-19)15(20)17-14-9(2)6-7-12(16)11(14)4/h6-8H,5,16H2,1-4H3,(H,17,20). The van der Waals surface area contributed by atoms with Crippen molar-refractivity contribution in [2.45, 2.75) is 34.2 Å². The van der Waals surface area contributed by atoms with Crippen LogP contribution < -0.4 is 11.1 Å². The lowest BCUT2D eigenvalue weighted by atomic mass is 10.1. The molecular formula is C15H20N4O. The summed E-state index contributed by atoms with van der Waals surface area (Å²) < 4.78 is 1.70. The normalized spacial score (nSPS) is 10.6. The van der Waals surface area contributed by atoms with E-state index in [9.17, 15) is 4.79 Å². The molecule has 0 unspecified atom stereocenters. The molecule has 0 bridgehead atoms. The van der Waals surface area contributed by atoms with Crippen molar-refractivity contribution in [1.29, 1.82) is 0 Å². The van der Waals surface area contributed by atoms with Crippen molar-refractivity contribution in [3.8, 4) is 0 Å². The summed E-state index contributed by atoms with van der Waals surface area (Å²) in [5.74, 6) is -0.163. The summed E-state index contributed by atoms with van der Waals surface area (Å²) in [6, 6.07) is 5.54. The van der Waals surface area contributed by atoms with Crippen molar-refractivity contribution in [2.24, 2.45) is 0 Å².